The third-order valence-corrected chi connectivity index (χ3v) is 2.85. The van der Waals surface area contributed by atoms with Crippen LogP contribution in [0.25, 0.3) is 5.69 Å². The molecule has 0 amide bonds. The van der Waals surface area contributed by atoms with Crippen LogP contribution < -0.4 is 4.68 Å². The highest BCUT2D eigenvalue weighted by atomic mass is 16.5. The number of carbonyl (C=O) groups excluding carboxylic acids is 1. The first kappa shape index (κ1) is 12.4. The normalized spacial score (nSPS) is 10.4. The molecule has 1 N–H and O–H groups in total. The Morgan fingerprint density at radius 2 is 1.94 bits per heavy atom. The molecule has 18 heavy (non-hydrogen) atoms. The number of benzene rings is 1. The molecule has 0 spiro atoms. The minimum atomic E-state index is -0.279. The fraction of sp³-hybridized carbons (Fsp3) is 0.286. The van der Waals surface area contributed by atoms with Gasteiger partial charge in [0.15, 0.2) is 5.56 Å². The van der Waals surface area contributed by atoms with Crippen molar-refractivity contribution in [3.05, 3.63) is 47.3 Å². The topological polar surface area (TPSA) is 46.0 Å². The number of ether oxygens (including phenoxy) is 1. The molecule has 1 heterocycles. The molecular weight excluding hydrogens is 228 g/mol. The number of H-pyrrole nitrogens is 1. The quantitative estimate of drug-likeness (QED) is 0.664. The van der Waals surface area contributed by atoms with Gasteiger partial charge in [0.1, 0.15) is 0 Å². The Morgan fingerprint density at radius 3 is 2.56 bits per heavy atom. The van der Waals surface area contributed by atoms with Gasteiger partial charge < -0.3 is 4.74 Å². The van der Waals surface area contributed by atoms with Crippen molar-refractivity contribution in [3.8, 4) is 5.69 Å². The molecular formula is C14H17N2O2+. The number of aryl methyl sites for hydroxylation is 1. The fourth-order valence-electron chi connectivity index (χ4n) is 2.03. The second-order valence-corrected chi connectivity index (χ2v) is 4.09. The number of nitrogens with zero attached hydrogens (tertiary/aromatic N) is 1. The van der Waals surface area contributed by atoms with Crippen molar-refractivity contribution in [2.24, 2.45) is 0 Å². The van der Waals surface area contributed by atoms with Crippen LogP contribution in [0.5, 0.6) is 0 Å². The molecule has 4 nitrogen and oxygen atoms in total. The Morgan fingerprint density at radius 1 is 1.28 bits per heavy atom. The summed E-state index contributed by atoms with van der Waals surface area (Å²) in [6.45, 7) is 5.97. The van der Waals surface area contributed by atoms with Crippen LogP contribution in [0.4, 0.5) is 0 Å². The number of hydrogen-bond donors (Lipinski definition) is 1. The van der Waals surface area contributed by atoms with Gasteiger partial charge in [-0.05, 0) is 13.8 Å². The highest BCUT2D eigenvalue weighted by molar-refractivity contribution is 5.91. The van der Waals surface area contributed by atoms with E-state index in [4.69, 9.17) is 4.74 Å². The van der Waals surface area contributed by atoms with Crippen molar-refractivity contribution >= 4 is 5.97 Å². The molecule has 0 aliphatic rings. The van der Waals surface area contributed by atoms with Gasteiger partial charge in [-0.25, -0.2) is 4.79 Å². The maximum atomic E-state index is 11.9. The average molecular weight is 245 g/mol. The van der Waals surface area contributed by atoms with Gasteiger partial charge in [-0.2, -0.15) is 5.10 Å². The van der Waals surface area contributed by atoms with Crippen LogP contribution in [0.15, 0.2) is 30.3 Å². The smallest absolute Gasteiger partial charge is 0.346 e. The molecule has 0 unspecified atom stereocenters. The van der Waals surface area contributed by atoms with Crippen LogP contribution in [0.1, 0.15) is 28.7 Å². The van der Waals surface area contributed by atoms with Crippen molar-refractivity contribution in [2.45, 2.75) is 20.8 Å². The Bertz CT molecular complexity index is 559. The predicted octanol–water partition coefficient (Wildman–Crippen LogP) is 2.08. The molecule has 94 valence electrons. The molecule has 0 aliphatic carbocycles. The summed E-state index contributed by atoms with van der Waals surface area (Å²) < 4.78 is 6.96. The summed E-state index contributed by atoms with van der Waals surface area (Å²) in [5.41, 5.74) is 3.28. The molecule has 4 heteroatoms. The zero-order valence-electron chi connectivity index (χ0n) is 10.9. The standard InChI is InChI=1S/C14H16N2O2/c1-4-18-14(17)13-10(2)15-16(11(13)3)12-8-6-5-7-9-12/h5-9H,4H2,1-3H3/p+1. The second kappa shape index (κ2) is 5.04. The zero-order chi connectivity index (χ0) is 13.1. The number of aromatic nitrogens is 2. The van der Waals surface area contributed by atoms with E-state index in [1.165, 1.54) is 0 Å². The minimum absolute atomic E-state index is 0.279. The lowest BCUT2D eigenvalue weighted by atomic mass is 10.2. The Kier molecular flexibility index (Phi) is 3.46. The molecule has 0 aliphatic heterocycles. The molecule has 0 saturated heterocycles. The molecule has 0 atom stereocenters. The molecule has 2 rings (SSSR count). The maximum absolute atomic E-state index is 11.9. The van der Waals surface area contributed by atoms with Crippen LogP contribution in [-0.2, 0) is 4.74 Å². The number of hydrogen-bond acceptors (Lipinski definition) is 2. The van der Waals surface area contributed by atoms with E-state index < -0.39 is 0 Å². The number of aromatic amines is 1. The van der Waals surface area contributed by atoms with Crippen molar-refractivity contribution in [2.75, 3.05) is 6.61 Å². The first-order valence-electron chi connectivity index (χ1n) is 5.99. The Labute approximate surface area is 106 Å². The van der Waals surface area contributed by atoms with Gasteiger partial charge in [0.25, 0.3) is 0 Å². The van der Waals surface area contributed by atoms with Gasteiger partial charge >= 0.3 is 5.97 Å². The molecule has 0 bridgehead atoms. The fourth-order valence-corrected chi connectivity index (χ4v) is 2.03. The third-order valence-electron chi connectivity index (χ3n) is 2.85. The van der Waals surface area contributed by atoms with Gasteiger partial charge in [0.2, 0.25) is 11.4 Å². The van der Waals surface area contributed by atoms with Crippen LogP contribution in [0.2, 0.25) is 0 Å². The largest absolute Gasteiger partial charge is 0.462 e. The lowest BCUT2D eigenvalue weighted by Gasteiger charge is -1.98. The number of rotatable bonds is 3. The Hall–Kier alpha value is -2.10. The summed E-state index contributed by atoms with van der Waals surface area (Å²) >= 11 is 0. The molecule has 1 aromatic heterocycles. The summed E-state index contributed by atoms with van der Waals surface area (Å²) in [4.78, 5) is 11.9. The van der Waals surface area contributed by atoms with Gasteiger partial charge in [-0.3, -0.25) is 0 Å². The minimum Gasteiger partial charge on any atom is -0.462 e. The SMILES string of the molecule is CCOC(=O)c1c(C)[nH][n+](-c2ccccc2)c1C. The van der Waals surface area contributed by atoms with E-state index in [0.717, 1.165) is 17.1 Å². The van der Waals surface area contributed by atoms with Crippen molar-refractivity contribution in [1.82, 2.24) is 5.10 Å². The molecule has 2 aromatic rings. The van der Waals surface area contributed by atoms with E-state index in [0.29, 0.717) is 12.2 Å². The average Bonchev–Trinajstić information content (AvgIpc) is 2.66. The van der Waals surface area contributed by atoms with E-state index >= 15 is 0 Å². The first-order chi connectivity index (χ1) is 8.65. The highest BCUT2D eigenvalue weighted by Crippen LogP contribution is 2.12. The lowest BCUT2D eigenvalue weighted by Crippen LogP contribution is -2.35. The summed E-state index contributed by atoms with van der Waals surface area (Å²) in [5.74, 6) is -0.279. The zero-order valence-corrected chi connectivity index (χ0v) is 10.9. The van der Waals surface area contributed by atoms with Crippen molar-refractivity contribution in [3.63, 3.8) is 0 Å². The summed E-state index contributed by atoms with van der Waals surface area (Å²) in [6.07, 6.45) is 0. The van der Waals surface area contributed by atoms with Gasteiger partial charge in [0, 0.05) is 19.1 Å². The third kappa shape index (κ3) is 2.14. The molecule has 0 fully saturated rings. The summed E-state index contributed by atoms with van der Waals surface area (Å²) in [7, 11) is 0. The number of para-hydroxylation sites is 1. The number of nitrogens with one attached hydrogen (secondary N) is 1. The summed E-state index contributed by atoms with van der Waals surface area (Å²) in [6, 6.07) is 9.85. The second-order valence-electron chi connectivity index (χ2n) is 4.09. The van der Waals surface area contributed by atoms with Gasteiger partial charge in [-0.1, -0.05) is 22.9 Å². The van der Waals surface area contributed by atoms with Crippen LogP contribution in [-0.4, -0.2) is 17.7 Å². The maximum Gasteiger partial charge on any atom is 0.346 e. The van der Waals surface area contributed by atoms with Crippen LogP contribution >= 0.6 is 0 Å². The van der Waals surface area contributed by atoms with E-state index in [1.807, 2.05) is 48.9 Å². The monoisotopic (exact) mass is 245 g/mol. The first-order valence-corrected chi connectivity index (χ1v) is 5.99. The van der Waals surface area contributed by atoms with Gasteiger partial charge in [0.05, 0.1) is 12.3 Å². The van der Waals surface area contributed by atoms with E-state index in [2.05, 4.69) is 5.10 Å². The molecule has 0 saturated carbocycles. The van der Waals surface area contributed by atoms with E-state index in [1.54, 1.807) is 6.92 Å². The van der Waals surface area contributed by atoms with Crippen LogP contribution in [0, 0.1) is 13.8 Å². The number of carbonyl (C=O) groups is 1. The van der Waals surface area contributed by atoms with Crippen LogP contribution in [0.3, 0.4) is 0 Å². The Balaban J connectivity index is 2.47. The molecule has 0 radical (unpaired) electrons. The van der Waals surface area contributed by atoms with Gasteiger partial charge in [-0.15, -0.1) is 0 Å². The number of esters is 1. The predicted molar refractivity (Wildman–Crippen MR) is 67.8 cm³/mol. The lowest BCUT2D eigenvalue weighted by molar-refractivity contribution is -0.661. The van der Waals surface area contributed by atoms with Crippen molar-refractivity contribution in [1.29, 1.82) is 0 Å². The summed E-state index contributed by atoms with van der Waals surface area (Å²) in [5, 5.41) is 3.18. The van der Waals surface area contributed by atoms with E-state index in [-0.39, 0.29) is 5.97 Å². The molecule has 1 aromatic carbocycles. The van der Waals surface area contributed by atoms with E-state index in [9.17, 15) is 4.79 Å². The van der Waals surface area contributed by atoms with Crippen molar-refractivity contribution < 1.29 is 14.2 Å². The highest BCUT2D eigenvalue weighted by Gasteiger charge is 2.26.